The highest BCUT2D eigenvalue weighted by Crippen LogP contribution is 2.26. The van der Waals surface area contributed by atoms with Gasteiger partial charge in [-0.1, -0.05) is 31.1 Å². The largest absolute Gasteiger partial charge is 0.356 e. The number of pyridine rings is 1. The van der Waals surface area contributed by atoms with Gasteiger partial charge in [-0.05, 0) is 73.9 Å². The lowest BCUT2D eigenvalue weighted by Gasteiger charge is -2.25. The van der Waals surface area contributed by atoms with Gasteiger partial charge in [0.1, 0.15) is 17.5 Å². The molecule has 2 aliphatic carbocycles. The first-order valence-corrected chi connectivity index (χ1v) is 14.9. The molecule has 2 saturated carbocycles. The first-order chi connectivity index (χ1) is 20.3. The van der Waals surface area contributed by atoms with E-state index < -0.39 is 29.4 Å². The molecule has 42 heavy (non-hydrogen) atoms. The fourth-order valence-corrected chi connectivity index (χ4v) is 6.22. The molecule has 2 aromatic rings. The zero-order chi connectivity index (χ0) is 29.6. The molecule has 5 rings (SSSR count). The Morgan fingerprint density at radius 1 is 1.02 bits per heavy atom. The van der Waals surface area contributed by atoms with Gasteiger partial charge in [-0.3, -0.25) is 24.0 Å². The third kappa shape index (κ3) is 7.03. The van der Waals surface area contributed by atoms with E-state index in [-0.39, 0.29) is 41.5 Å². The summed E-state index contributed by atoms with van der Waals surface area (Å²) < 4.78 is 14.9. The summed E-state index contributed by atoms with van der Waals surface area (Å²) in [6.07, 6.45) is 9.62. The minimum Gasteiger partial charge on any atom is -0.356 e. The van der Waals surface area contributed by atoms with Crippen LogP contribution < -0.4 is 21.5 Å². The number of nitrogens with one attached hydrogen (secondary N) is 3. The molecule has 1 saturated heterocycles. The van der Waals surface area contributed by atoms with Crippen LogP contribution in [0.25, 0.3) is 0 Å². The first kappa shape index (κ1) is 29.4. The SMILES string of the molecule is O=C1CCC/C1=C/C(CC1CCNC1=O)NC(=O)C(Cc1ccc(F)cc1)n1cccc(NC(=O)C2CCCC2)c1=O. The van der Waals surface area contributed by atoms with Gasteiger partial charge in [0.25, 0.3) is 5.56 Å². The van der Waals surface area contributed by atoms with E-state index in [0.717, 1.165) is 32.1 Å². The molecule has 2 heterocycles. The van der Waals surface area contributed by atoms with E-state index in [1.54, 1.807) is 24.3 Å². The molecule has 3 amide bonds. The maximum Gasteiger partial charge on any atom is 0.275 e. The van der Waals surface area contributed by atoms with Crippen molar-refractivity contribution in [2.45, 2.75) is 76.3 Å². The van der Waals surface area contributed by atoms with Crippen LogP contribution in [0.4, 0.5) is 10.1 Å². The van der Waals surface area contributed by atoms with Crippen LogP contribution in [0.3, 0.4) is 0 Å². The van der Waals surface area contributed by atoms with Crippen LogP contribution in [0, 0.1) is 17.7 Å². The minimum absolute atomic E-state index is 0.0370. The van der Waals surface area contributed by atoms with E-state index in [2.05, 4.69) is 16.0 Å². The number of carbonyl (C=O) groups excluding carboxylic acids is 4. The highest BCUT2D eigenvalue weighted by Gasteiger charge is 2.31. The molecule has 222 valence electrons. The lowest BCUT2D eigenvalue weighted by molar-refractivity contribution is -0.126. The van der Waals surface area contributed by atoms with Crippen molar-refractivity contribution in [1.82, 2.24) is 15.2 Å². The van der Waals surface area contributed by atoms with Gasteiger partial charge in [-0.15, -0.1) is 0 Å². The monoisotopic (exact) mass is 576 g/mol. The minimum atomic E-state index is -1.04. The van der Waals surface area contributed by atoms with Crippen molar-refractivity contribution in [2.24, 2.45) is 11.8 Å². The molecule has 3 fully saturated rings. The Morgan fingerprint density at radius 2 is 1.79 bits per heavy atom. The maximum absolute atomic E-state index is 14.0. The van der Waals surface area contributed by atoms with Crippen molar-refractivity contribution >= 4 is 29.2 Å². The van der Waals surface area contributed by atoms with Crippen molar-refractivity contribution in [1.29, 1.82) is 0 Å². The van der Waals surface area contributed by atoms with Crippen LogP contribution in [-0.2, 0) is 25.6 Å². The standard InChI is InChI=1S/C32H37FN4O5/c33-24-12-10-20(11-13-24)17-27(37-16-4-8-26(32(37)42)36-30(40)21-5-1-2-6-21)31(41)35-25(18-22-7-3-9-28(22)38)19-23-14-15-34-29(23)39/h4,8,10-13,16,18,21,23,25,27H,1-3,5-7,9,14-15,17,19H2,(H,34,39)(H,35,41)(H,36,40)/b22-18-. The third-order valence-electron chi connectivity index (χ3n) is 8.58. The molecule has 0 bridgehead atoms. The Kier molecular flexibility index (Phi) is 9.29. The van der Waals surface area contributed by atoms with Crippen molar-refractivity contribution in [3.8, 4) is 0 Å². The van der Waals surface area contributed by atoms with Crippen LogP contribution in [0.1, 0.15) is 69.4 Å². The molecule has 3 N–H and O–H groups in total. The van der Waals surface area contributed by atoms with E-state index in [1.165, 1.54) is 29.0 Å². The predicted octanol–water partition coefficient (Wildman–Crippen LogP) is 3.59. The molecule has 3 atom stereocenters. The summed E-state index contributed by atoms with van der Waals surface area (Å²) >= 11 is 0. The van der Waals surface area contributed by atoms with Crippen LogP contribution in [0.2, 0.25) is 0 Å². The normalized spacial score (nSPS) is 21.4. The molecule has 1 aromatic carbocycles. The Bertz CT molecular complexity index is 1430. The molecular formula is C32H37FN4O5. The second-order valence-corrected chi connectivity index (χ2v) is 11.5. The van der Waals surface area contributed by atoms with Gasteiger partial charge in [0, 0.05) is 43.5 Å². The van der Waals surface area contributed by atoms with Crippen LogP contribution >= 0.6 is 0 Å². The number of allylic oxidation sites excluding steroid dienone is 1. The van der Waals surface area contributed by atoms with Crippen LogP contribution in [-0.4, -0.2) is 40.7 Å². The molecule has 3 aliphatic rings. The Labute approximate surface area is 243 Å². The van der Waals surface area contributed by atoms with Gasteiger partial charge < -0.3 is 20.5 Å². The summed E-state index contributed by atoms with van der Waals surface area (Å²) in [7, 11) is 0. The van der Waals surface area contributed by atoms with Gasteiger partial charge in [-0.25, -0.2) is 4.39 Å². The number of anilines is 1. The second-order valence-electron chi connectivity index (χ2n) is 11.5. The molecule has 10 heteroatoms. The van der Waals surface area contributed by atoms with Crippen molar-refractivity contribution in [3.05, 3.63) is 76.0 Å². The number of aromatic nitrogens is 1. The number of rotatable bonds is 10. The van der Waals surface area contributed by atoms with E-state index in [1.807, 2.05) is 0 Å². The molecule has 1 aromatic heterocycles. The summed E-state index contributed by atoms with van der Waals surface area (Å²) in [5, 5.41) is 8.58. The predicted molar refractivity (Wildman–Crippen MR) is 155 cm³/mol. The summed E-state index contributed by atoms with van der Waals surface area (Å²) in [6.45, 7) is 0.557. The van der Waals surface area contributed by atoms with E-state index in [4.69, 9.17) is 0 Å². The third-order valence-corrected chi connectivity index (χ3v) is 8.58. The van der Waals surface area contributed by atoms with Crippen LogP contribution in [0.15, 0.2) is 59.0 Å². The van der Waals surface area contributed by atoms with Gasteiger partial charge in [0.05, 0.1) is 0 Å². The molecular weight excluding hydrogens is 539 g/mol. The zero-order valence-corrected chi connectivity index (χ0v) is 23.6. The summed E-state index contributed by atoms with van der Waals surface area (Å²) in [4.78, 5) is 65.2. The number of nitrogens with zero attached hydrogens (tertiary/aromatic N) is 1. The van der Waals surface area contributed by atoms with Gasteiger partial charge in [0.15, 0.2) is 5.78 Å². The van der Waals surface area contributed by atoms with Crippen molar-refractivity contribution in [2.75, 3.05) is 11.9 Å². The summed E-state index contributed by atoms with van der Waals surface area (Å²) in [5.41, 5.74) is 0.841. The maximum atomic E-state index is 14.0. The number of ketones is 1. The second kappa shape index (κ2) is 13.3. The Balaban J connectivity index is 1.44. The summed E-state index contributed by atoms with van der Waals surface area (Å²) in [6, 6.07) is 7.21. The van der Waals surface area contributed by atoms with Crippen LogP contribution in [0.5, 0.6) is 0 Å². The van der Waals surface area contributed by atoms with Gasteiger partial charge in [-0.2, -0.15) is 0 Å². The van der Waals surface area contributed by atoms with Crippen molar-refractivity contribution < 1.29 is 23.6 Å². The molecule has 3 unspecified atom stereocenters. The first-order valence-electron chi connectivity index (χ1n) is 14.9. The molecule has 1 aliphatic heterocycles. The molecule has 0 radical (unpaired) electrons. The average molecular weight is 577 g/mol. The zero-order valence-electron chi connectivity index (χ0n) is 23.6. The van der Waals surface area contributed by atoms with Crippen molar-refractivity contribution in [3.63, 3.8) is 0 Å². The van der Waals surface area contributed by atoms with E-state index in [9.17, 15) is 28.4 Å². The topological polar surface area (TPSA) is 126 Å². The Hall–Kier alpha value is -4.08. The smallest absolute Gasteiger partial charge is 0.275 e. The quantitative estimate of drug-likeness (QED) is 0.373. The number of hydrogen-bond acceptors (Lipinski definition) is 5. The number of halogens is 1. The lowest BCUT2D eigenvalue weighted by Crippen LogP contribution is -2.44. The lowest BCUT2D eigenvalue weighted by atomic mass is 9.95. The van der Waals surface area contributed by atoms with Gasteiger partial charge in [0.2, 0.25) is 17.7 Å². The van der Waals surface area contributed by atoms with E-state index in [0.29, 0.717) is 43.4 Å². The number of amides is 3. The van der Waals surface area contributed by atoms with E-state index >= 15 is 0 Å². The Morgan fingerprint density at radius 3 is 2.45 bits per heavy atom. The highest BCUT2D eigenvalue weighted by molar-refractivity contribution is 5.97. The molecule has 0 spiro atoms. The number of benzene rings is 1. The summed E-state index contributed by atoms with van der Waals surface area (Å²) in [5.74, 6) is -1.61. The number of carbonyl (C=O) groups is 4. The number of hydrogen-bond donors (Lipinski definition) is 3. The van der Waals surface area contributed by atoms with Gasteiger partial charge >= 0.3 is 0 Å². The fourth-order valence-electron chi connectivity index (χ4n) is 6.22. The molecule has 9 nitrogen and oxygen atoms in total. The fraction of sp³-hybridized carbons (Fsp3) is 0.469. The highest BCUT2D eigenvalue weighted by atomic mass is 19.1. The average Bonchev–Trinajstić information content (AvgIpc) is 3.74. The number of Topliss-reactive ketones (excluding diaryl/α,β-unsaturated/α-hetero) is 1.